The molecule has 21 heavy (non-hydrogen) atoms. The van der Waals surface area contributed by atoms with E-state index in [0.29, 0.717) is 18.8 Å². The summed E-state index contributed by atoms with van der Waals surface area (Å²) in [4.78, 5) is 8.44. The van der Waals surface area contributed by atoms with Crippen LogP contribution in [0.2, 0.25) is 0 Å². The number of nitrogens with one attached hydrogen (secondary N) is 2. The smallest absolute Gasteiger partial charge is 0.240 e. The van der Waals surface area contributed by atoms with Crippen LogP contribution in [0.1, 0.15) is 19.0 Å². The van der Waals surface area contributed by atoms with E-state index in [2.05, 4.69) is 20.0 Å². The van der Waals surface area contributed by atoms with Crippen molar-refractivity contribution >= 4 is 27.2 Å². The van der Waals surface area contributed by atoms with Crippen LogP contribution in [0.4, 0.5) is 5.82 Å². The van der Waals surface area contributed by atoms with E-state index in [9.17, 15) is 8.42 Å². The Morgan fingerprint density at radius 1 is 1.29 bits per heavy atom. The van der Waals surface area contributed by atoms with Gasteiger partial charge in [0.1, 0.15) is 5.82 Å². The topological polar surface area (TPSA) is 84.0 Å². The van der Waals surface area contributed by atoms with Crippen molar-refractivity contribution in [1.82, 2.24) is 14.7 Å². The Morgan fingerprint density at radius 3 is 2.86 bits per heavy atom. The molecule has 0 aromatic carbocycles. The van der Waals surface area contributed by atoms with Gasteiger partial charge in [-0.1, -0.05) is 6.92 Å². The average molecular weight is 326 g/mol. The van der Waals surface area contributed by atoms with Crippen molar-refractivity contribution in [2.24, 2.45) is 0 Å². The number of anilines is 1. The van der Waals surface area contributed by atoms with E-state index in [1.807, 2.05) is 12.3 Å². The van der Waals surface area contributed by atoms with Crippen molar-refractivity contribution in [1.29, 1.82) is 0 Å². The van der Waals surface area contributed by atoms with E-state index in [1.165, 1.54) is 23.6 Å². The van der Waals surface area contributed by atoms with Crippen molar-refractivity contribution in [2.75, 3.05) is 18.4 Å². The molecule has 2 aromatic rings. The molecule has 2 aromatic heterocycles. The number of hydrogen-bond acceptors (Lipinski definition) is 6. The number of nitrogens with zero attached hydrogens (tertiary/aromatic N) is 2. The molecule has 0 aliphatic rings. The lowest BCUT2D eigenvalue weighted by Crippen LogP contribution is -2.26. The van der Waals surface area contributed by atoms with Crippen LogP contribution in [0.3, 0.4) is 0 Å². The molecule has 0 bridgehead atoms. The third-order valence-corrected chi connectivity index (χ3v) is 4.85. The van der Waals surface area contributed by atoms with E-state index in [0.717, 1.165) is 18.7 Å². The van der Waals surface area contributed by atoms with Crippen LogP contribution in [0.15, 0.2) is 34.1 Å². The lowest BCUT2D eigenvalue weighted by molar-refractivity contribution is 0.581. The molecule has 8 heteroatoms. The molecule has 0 saturated heterocycles. The van der Waals surface area contributed by atoms with Crippen molar-refractivity contribution in [3.63, 3.8) is 0 Å². The maximum Gasteiger partial charge on any atom is 0.240 e. The minimum Gasteiger partial charge on any atom is -0.370 e. The number of sulfonamides is 1. The lowest BCUT2D eigenvalue weighted by atomic mass is 10.3. The number of aromatic nitrogens is 2. The highest BCUT2D eigenvalue weighted by molar-refractivity contribution is 7.89. The fourth-order valence-corrected chi connectivity index (χ4v) is 3.32. The summed E-state index contributed by atoms with van der Waals surface area (Å²) in [5.74, 6) is 0.569. The Bertz CT molecular complexity index is 657. The molecule has 0 aliphatic carbocycles. The zero-order valence-electron chi connectivity index (χ0n) is 11.7. The summed E-state index contributed by atoms with van der Waals surface area (Å²) < 4.78 is 27.0. The second-order valence-electron chi connectivity index (χ2n) is 4.43. The van der Waals surface area contributed by atoms with Crippen LogP contribution in [-0.4, -0.2) is 31.5 Å². The van der Waals surface area contributed by atoms with E-state index >= 15 is 0 Å². The van der Waals surface area contributed by atoms with E-state index < -0.39 is 10.0 Å². The number of thiazole rings is 1. The normalized spacial score (nSPS) is 11.5. The molecule has 0 aliphatic heterocycles. The van der Waals surface area contributed by atoms with Gasteiger partial charge in [0, 0.05) is 37.2 Å². The molecule has 0 amide bonds. The average Bonchev–Trinajstić information content (AvgIpc) is 2.98. The van der Waals surface area contributed by atoms with Crippen LogP contribution < -0.4 is 10.0 Å². The summed E-state index contributed by atoms with van der Waals surface area (Å²) in [5.41, 5.74) is 2.63. The largest absolute Gasteiger partial charge is 0.370 e. The van der Waals surface area contributed by atoms with Crippen LogP contribution in [0.25, 0.3) is 0 Å². The van der Waals surface area contributed by atoms with Gasteiger partial charge in [-0.2, -0.15) is 0 Å². The van der Waals surface area contributed by atoms with Gasteiger partial charge in [0.15, 0.2) is 0 Å². The molecule has 0 spiro atoms. The van der Waals surface area contributed by atoms with Crippen LogP contribution in [-0.2, 0) is 16.4 Å². The zero-order valence-corrected chi connectivity index (χ0v) is 13.4. The molecule has 0 unspecified atom stereocenters. The Morgan fingerprint density at radius 2 is 2.14 bits per heavy atom. The standard InChI is InChI=1S/C13H18N4O2S2/c1-2-5-14-13-8-12(4-6-15-13)21(18,19)17-7-3-11-9-20-10-16-11/h4,6,8-10,17H,2-3,5,7H2,1H3,(H,14,15). The van der Waals surface area contributed by atoms with Crippen molar-refractivity contribution in [2.45, 2.75) is 24.7 Å². The summed E-state index contributed by atoms with van der Waals surface area (Å²) in [7, 11) is -3.52. The van der Waals surface area contributed by atoms with Crippen LogP contribution in [0.5, 0.6) is 0 Å². The van der Waals surface area contributed by atoms with Gasteiger partial charge in [-0.15, -0.1) is 11.3 Å². The molecule has 2 N–H and O–H groups in total. The van der Waals surface area contributed by atoms with Gasteiger partial charge in [-0.3, -0.25) is 0 Å². The summed E-state index contributed by atoms with van der Waals surface area (Å²) in [6.45, 7) is 3.12. The van der Waals surface area contributed by atoms with Gasteiger partial charge in [0.2, 0.25) is 10.0 Å². The minimum atomic E-state index is -3.52. The van der Waals surface area contributed by atoms with Crippen molar-refractivity contribution < 1.29 is 8.42 Å². The Kier molecular flexibility index (Phi) is 5.66. The lowest BCUT2D eigenvalue weighted by Gasteiger charge is -2.08. The maximum atomic E-state index is 12.2. The van der Waals surface area contributed by atoms with Crippen LogP contribution in [0, 0.1) is 0 Å². The quantitative estimate of drug-likeness (QED) is 0.774. The highest BCUT2D eigenvalue weighted by Crippen LogP contribution is 2.12. The van der Waals surface area contributed by atoms with Gasteiger partial charge in [-0.25, -0.2) is 23.1 Å². The second-order valence-corrected chi connectivity index (χ2v) is 6.92. The SMILES string of the molecule is CCCNc1cc(S(=O)(=O)NCCc2cscn2)ccn1. The predicted molar refractivity (Wildman–Crippen MR) is 84.0 cm³/mol. The summed E-state index contributed by atoms with van der Waals surface area (Å²) in [6.07, 6.45) is 3.02. The number of rotatable bonds is 8. The summed E-state index contributed by atoms with van der Waals surface area (Å²) >= 11 is 1.50. The molecule has 2 heterocycles. The highest BCUT2D eigenvalue weighted by Gasteiger charge is 2.14. The van der Waals surface area contributed by atoms with Gasteiger partial charge in [-0.05, 0) is 12.5 Å². The molecule has 114 valence electrons. The fourth-order valence-electron chi connectivity index (χ4n) is 1.69. The first-order valence-electron chi connectivity index (χ1n) is 6.68. The predicted octanol–water partition coefficient (Wildman–Crippen LogP) is 1.88. The zero-order chi connectivity index (χ0) is 15.1. The Labute approximate surface area is 128 Å². The first-order valence-corrected chi connectivity index (χ1v) is 9.11. The number of pyridine rings is 1. The highest BCUT2D eigenvalue weighted by atomic mass is 32.2. The first-order chi connectivity index (χ1) is 10.1. The molecule has 0 radical (unpaired) electrons. The van der Waals surface area contributed by atoms with E-state index in [4.69, 9.17) is 0 Å². The van der Waals surface area contributed by atoms with E-state index in [1.54, 1.807) is 11.6 Å². The van der Waals surface area contributed by atoms with Gasteiger partial charge >= 0.3 is 0 Å². The summed E-state index contributed by atoms with van der Waals surface area (Å²) in [6, 6.07) is 3.03. The maximum absolute atomic E-state index is 12.2. The third-order valence-electron chi connectivity index (χ3n) is 2.75. The molecule has 0 saturated carbocycles. The van der Waals surface area contributed by atoms with Gasteiger partial charge in [0.25, 0.3) is 0 Å². The van der Waals surface area contributed by atoms with Crippen molar-refractivity contribution in [3.05, 3.63) is 34.9 Å². The fraction of sp³-hybridized carbons (Fsp3) is 0.385. The molecular formula is C13H18N4O2S2. The van der Waals surface area contributed by atoms with Crippen LogP contribution >= 0.6 is 11.3 Å². The van der Waals surface area contributed by atoms with Gasteiger partial charge in [0.05, 0.1) is 16.1 Å². The van der Waals surface area contributed by atoms with E-state index in [-0.39, 0.29) is 4.90 Å². The summed E-state index contributed by atoms with van der Waals surface area (Å²) in [5, 5.41) is 4.98. The van der Waals surface area contributed by atoms with Gasteiger partial charge < -0.3 is 5.32 Å². The Balaban J connectivity index is 1.98. The second kappa shape index (κ2) is 7.48. The Hall–Kier alpha value is -1.51. The molecule has 2 rings (SSSR count). The van der Waals surface area contributed by atoms with Crippen molar-refractivity contribution in [3.8, 4) is 0 Å². The molecule has 0 fully saturated rings. The number of hydrogen-bond donors (Lipinski definition) is 2. The first kappa shape index (κ1) is 15.9. The third kappa shape index (κ3) is 4.76. The monoisotopic (exact) mass is 326 g/mol. The molecule has 0 atom stereocenters. The molecular weight excluding hydrogens is 308 g/mol. The molecule has 6 nitrogen and oxygen atoms in total. The minimum absolute atomic E-state index is 0.217.